The molecule has 0 unspecified atom stereocenters. The van der Waals surface area contributed by atoms with Gasteiger partial charge in [0, 0.05) is 37.1 Å². The third-order valence-corrected chi connectivity index (χ3v) is 7.13. The molecule has 0 aliphatic carbocycles. The van der Waals surface area contributed by atoms with Crippen LogP contribution in [0.15, 0.2) is 42.5 Å². The molecule has 0 bridgehead atoms. The van der Waals surface area contributed by atoms with E-state index in [2.05, 4.69) is 5.32 Å². The second-order valence-electron chi connectivity index (χ2n) is 9.25. The van der Waals surface area contributed by atoms with E-state index in [4.69, 9.17) is 11.6 Å². The Morgan fingerprint density at radius 3 is 2.24 bits per heavy atom. The molecule has 2 rings (SSSR count). The highest BCUT2D eigenvalue weighted by Crippen LogP contribution is 2.22. The molecular weight excluding hydrogens is 524 g/mol. The topological polar surface area (TPSA) is 86.8 Å². The minimum absolute atomic E-state index is 0.0358. The van der Waals surface area contributed by atoms with E-state index in [0.717, 1.165) is 28.3 Å². The molecule has 0 saturated heterocycles. The predicted octanol–water partition coefficient (Wildman–Crippen LogP) is 4.74. The van der Waals surface area contributed by atoms with Crippen LogP contribution < -0.4 is 9.62 Å². The molecule has 0 fully saturated rings. The number of hydrogen-bond donors (Lipinski definition) is 1. The number of benzene rings is 2. The normalized spacial score (nSPS) is 12.3. The Labute approximate surface area is 222 Å². The smallest absolute Gasteiger partial charge is 0.242 e. The Bertz CT molecular complexity index is 1180. The van der Waals surface area contributed by atoms with Crippen molar-refractivity contribution in [2.75, 3.05) is 23.7 Å². The number of anilines is 1. The lowest BCUT2D eigenvalue weighted by Crippen LogP contribution is -2.49. The van der Waals surface area contributed by atoms with E-state index < -0.39 is 27.7 Å². The van der Waals surface area contributed by atoms with Gasteiger partial charge in [0.1, 0.15) is 6.04 Å². The minimum atomic E-state index is -3.83. The lowest BCUT2D eigenvalue weighted by molar-refractivity contribution is -0.141. The standard InChI is InChI=1S/C26H34ClF2N3O4S/c1-5-24(26(34)30-16-18(2)3)31(17-19-8-10-20(27)11-9-19)25(33)7-6-14-32(37(4,35)36)21-12-13-22(28)23(29)15-21/h8-13,15,18,24H,5-7,14,16-17H2,1-4H3,(H,30,34)/t24-/m0/s1. The molecule has 2 amide bonds. The van der Waals surface area contributed by atoms with E-state index in [9.17, 15) is 26.8 Å². The van der Waals surface area contributed by atoms with E-state index >= 15 is 0 Å². The Morgan fingerprint density at radius 2 is 1.70 bits per heavy atom. The van der Waals surface area contributed by atoms with Gasteiger partial charge in [-0.15, -0.1) is 0 Å². The van der Waals surface area contributed by atoms with Gasteiger partial charge in [0.15, 0.2) is 11.6 Å². The van der Waals surface area contributed by atoms with Crippen molar-refractivity contribution in [3.05, 3.63) is 64.7 Å². The molecule has 1 N–H and O–H groups in total. The molecule has 1 atom stereocenters. The number of nitrogens with zero attached hydrogens (tertiary/aromatic N) is 2. The van der Waals surface area contributed by atoms with Crippen molar-refractivity contribution in [3.8, 4) is 0 Å². The van der Waals surface area contributed by atoms with Gasteiger partial charge >= 0.3 is 0 Å². The molecule has 0 saturated carbocycles. The van der Waals surface area contributed by atoms with Crippen molar-refractivity contribution >= 4 is 39.1 Å². The number of carbonyl (C=O) groups is 2. The number of rotatable bonds is 13. The summed E-state index contributed by atoms with van der Waals surface area (Å²) in [5, 5.41) is 3.42. The minimum Gasteiger partial charge on any atom is -0.354 e. The summed E-state index contributed by atoms with van der Waals surface area (Å²) in [5.74, 6) is -2.63. The van der Waals surface area contributed by atoms with Crippen LogP contribution in [0.25, 0.3) is 0 Å². The van der Waals surface area contributed by atoms with Crippen molar-refractivity contribution in [2.24, 2.45) is 5.92 Å². The van der Waals surface area contributed by atoms with E-state index in [1.54, 1.807) is 24.3 Å². The number of halogens is 3. The third-order valence-electron chi connectivity index (χ3n) is 5.68. The summed E-state index contributed by atoms with van der Waals surface area (Å²) >= 11 is 5.98. The number of carbonyl (C=O) groups excluding carboxylic acids is 2. The molecule has 0 heterocycles. The Hall–Kier alpha value is -2.72. The molecule has 0 aliphatic rings. The van der Waals surface area contributed by atoms with Crippen molar-refractivity contribution in [1.82, 2.24) is 10.2 Å². The zero-order chi connectivity index (χ0) is 27.8. The van der Waals surface area contributed by atoms with Crippen LogP contribution in [0.1, 0.15) is 45.6 Å². The first kappa shape index (κ1) is 30.5. The van der Waals surface area contributed by atoms with Gasteiger partial charge in [-0.2, -0.15) is 0 Å². The van der Waals surface area contributed by atoms with Gasteiger partial charge in [-0.05, 0) is 48.6 Å². The molecule has 0 spiro atoms. The summed E-state index contributed by atoms with van der Waals surface area (Å²) in [6, 6.07) is 9.04. The van der Waals surface area contributed by atoms with Gasteiger partial charge in [-0.1, -0.05) is 44.5 Å². The zero-order valence-corrected chi connectivity index (χ0v) is 23.1. The molecular formula is C26H34ClF2N3O4S. The van der Waals surface area contributed by atoms with Crippen LogP contribution in [0, 0.1) is 17.6 Å². The number of amides is 2. The first-order valence-electron chi connectivity index (χ1n) is 12.1. The number of nitrogens with one attached hydrogen (secondary N) is 1. The maximum absolute atomic E-state index is 13.7. The summed E-state index contributed by atoms with van der Waals surface area (Å²) in [6.45, 7) is 6.27. The first-order valence-corrected chi connectivity index (χ1v) is 14.3. The summed E-state index contributed by atoms with van der Waals surface area (Å²) in [6.07, 6.45) is 1.38. The molecule has 11 heteroatoms. The maximum atomic E-state index is 13.7. The maximum Gasteiger partial charge on any atom is 0.242 e. The van der Waals surface area contributed by atoms with Gasteiger partial charge in [0.05, 0.1) is 11.9 Å². The van der Waals surface area contributed by atoms with Crippen molar-refractivity contribution in [3.63, 3.8) is 0 Å². The number of sulfonamides is 1. The highest BCUT2D eigenvalue weighted by atomic mass is 35.5. The highest BCUT2D eigenvalue weighted by Gasteiger charge is 2.29. The molecule has 2 aromatic rings. The van der Waals surface area contributed by atoms with Gasteiger partial charge in [0.2, 0.25) is 21.8 Å². The van der Waals surface area contributed by atoms with E-state index in [1.165, 1.54) is 11.0 Å². The van der Waals surface area contributed by atoms with Crippen LogP contribution in [0.2, 0.25) is 5.02 Å². The van der Waals surface area contributed by atoms with E-state index in [-0.39, 0.29) is 49.4 Å². The van der Waals surface area contributed by atoms with Gasteiger partial charge in [-0.25, -0.2) is 17.2 Å². The molecule has 37 heavy (non-hydrogen) atoms. The van der Waals surface area contributed by atoms with Crippen molar-refractivity contribution in [1.29, 1.82) is 0 Å². The molecule has 204 valence electrons. The lowest BCUT2D eigenvalue weighted by Gasteiger charge is -2.31. The second-order valence-corrected chi connectivity index (χ2v) is 11.6. The number of hydrogen-bond acceptors (Lipinski definition) is 4. The van der Waals surface area contributed by atoms with Crippen molar-refractivity contribution < 1.29 is 26.8 Å². The van der Waals surface area contributed by atoms with E-state index in [0.29, 0.717) is 18.0 Å². The van der Waals surface area contributed by atoms with Crippen LogP contribution in [0.5, 0.6) is 0 Å². The van der Waals surface area contributed by atoms with E-state index in [1.807, 2.05) is 20.8 Å². The Kier molecular flexibility index (Phi) is 11.3. The van der Waals surface area contributed by atoms with Crippen LogP contribution >= 0.6 is 11.6 Å². The predicted molar refractivity (Wildman–Crippen MR) is 142 cm³/mol. The monoisotopic (exact) mass is 557 g/mol. The van der Waals surface area contributed by atoms with Crippen LogP contribution in [-0.2, 0) is 26.2 Å². The average molecular weight is 558 g/mol. The molecule has 7 nitrogen and oxygen atoms in total. The highest BCUT2D eigenvalue weighted by molar-refractivity contribution is 7.92. The third kappa shape index (κ3) is 9.27. The van der Waals surface area contributed by atoms with Gasteiger partial charge in [0.25, 0.3) is 0 Å². The largest absolute Gasteiger partial charge is 0.354 e. The second kappa shape index (κ2) is 13.7. The van der Waals surface area contributed by atoms with Gasteiger partial charge in [-0.3, -0.25) is 13.9 Å². The Balaban J connectivity index is 2.22. The lowest BCUT2D eigenvalue weighted by atomic mass is 10.1. The first-order chi connectivity index (χ1) is 17.3. The molecule has 2 aromatic carbocycles. The SMILES string of the molecule is CC[C@@H](C(=O)NCC(C)C)N(Cc1ccc(Cl)cc1)C(=O)CCCN(c1ccc(F)c(F)c1)S(C)(=O)=O. The fraction of sp³-hybridized carbons (Fsp3) is 0.462. The van der Waals surface area contributed by atoms with Crippen LogP contribution in [-0.4, -0.2) is 50.5 Å². The summed E-state index contributed by atoms with van der Waals surface area (Å²) in [4.78, 5) is 27.8. The fourth-order valence-corrected chi connectivity index (χ4v) is 4.86. The molecule has 0 aromatic heterocycles. The van der Waals surface area contributed by atoms with Crippen LogP contribution in [0.4, 0.5) is 14.5 Å². The summed E-state index contributed by atoms with van der Waals surface area (Å²) < 4.78 is 52.7. The quantitative estimate of drug-likeness (QED) is 0.385. The zero-order valence-electron chi connectivity index (χ0n) is 21.5. The fourth-order valence-electron chi connectivity index (χ4n) is 3.77. The average Bonchev–Trinajstić information content (AvgIpc) is 2.82. The summed E-state index contributed by atoms with van der Waals surface area (Å²) in [7, 11) is -3.83. The van der Waals surface area contributed by atoms with Crippen LogP contribution in [0.3, 0.4) is 0 Å². The molecule has 0 aliphatic heterocycles. The molecule has 0 radical (unpaired) electrons. The van der Waals surface area contributed by atoms with Gasteiger partial charge < -0.3 is 10.2 Å². The summed E-state index contributed by atoms with van der Waals surface area (Å²) in [5.41, 5.74) is 0.749. The Morgan fingerprint density at radius 1 is 1.05 bits per heavy atom. The van der Waals surface area contributed by atoms with Crippen molar-refractivity contribution in [2.45, 2.75) is 52.6 Å².